The molecule has 4 saturated heterocycles. The average Bonchev–Trinajstić information content (AvgIpc) is 3.83. The topological polar surface area (TPSA) is 335 Å². The van der Waals surface area contributed by atoms with Crippen molar-refractivity contribution in [3.05, 3.63) is 56.7 Å². The van der Waals surface area contributed by atoms with E-state index >= 15 is 0 Å². The second-order valence-corrected chi connectivity index (χ2v) is 18.0. The number of rotatable bonds is 15. The predicted octanol–water partition coefficient (Wildman–Crippen LogP) is 3.90. The first-order chi connectivity index (χ1) is 28.7. The van der Waals surface area contributed by atoms with E-state index < -0.39 is 113 Å². The number of benzene rings is 1. The molecule has 340 valence electrons. The molecule has 0 radical (unpaired) electrons. The number of aliphatic carboxylic acids is 5. The predicted molar refractivity (Wildman–Crippen MR) is 213 cm³/mol. The summed E-state index contributed by atoms with van der Waals surface area (Å²) in [4.78, 5) is 92.8. The van der Waals surface area contributed by atoms with Gasteiger partial charge in [-0.2, -0.15) is 11.4 Å². The number of nitrogens with zero attached hydrogens (tertiary/aromatic N) is 4. The van der Waals surface area contributed by atoms with Crippen LogP contribution in [0.4, 0.5) is 0 Å². The van der Waals surface area contributed by atoms with Gasteiger partial charge in [-0.25, -0.2) is 0 Å². The Morgan fingerprint density at radius 2 is 1.53 bits per heavy atom. The van der Waals surface area contributed by atoms with Gasteiger partial charge in [0.15, 0.2) is 0 Å². The van der Waals surface area contributed by atoms with E-state index in [1.54, 1.807) is 13.0 Å². The third kappa shape index (κ3) is 8.23. The number of carbonyl (C=O) groups excluding carboxylic acids is 2. The summed E-state index contributed by atoms with van der Waals surface area (Å²) in [5, 5.41) is 80.8. The number of nitrogens with two attached hydrogens (primary N) is 1. The van der Waals surface area contributed by atoms with E-state index in [0.717, 1.165) is 0 Å². The Morgan fingerprint density at radius 3 is 2.15 bits per heavy atom. The molecule has 0 saturated carbocycles. The van der Waals surface area contributed by atoms with Crippen molar-refractivity contribution in [2.75, 3.05) is 0 Å². The number of aromatic hydroxyl groups is 1. The van der Waals surface area contributed by atoms with Gasteiger partial charge in [-0.05, 0) is 76.1 Å². The molecule has 7 rings (SSSR count). The van der Waals surface area contributed by atoms with Crippen LogP contribution in [0.5, 0.6) is 5.75 Å². The minimum atomic E-state index is -1.42. The van der Waals surface area contributed by atoms with Crippen molar-refractivity contribution >= 4 is 52.6 Å². The molecule has 5 aliphatic rings. The molecule has 1 unspecified atom stereocenters. The molecule has 0 aliphatic carbocycles. The summed E-state index contributed by atoms with van der Waals surface area (Å²) in [7, 11) is 0. The molecular weight excluding hydrogens is 855 g/mol. The summed E-state index contributed by atoms with van der Waals surface area (Å²) in [6.07, 6.45) is -0.615. The van der Waals surface area contributed by atoms with Gasteiger partial charge >= 0.3 is 29.8 Å². The van der Waals surface area contributed by atoms with Gasteiger partial charge in [-0.1, -0.05) is 44.7 Å². The minimum absolute atomic E-state index is 0. The van der Waals surface area contributed by atoms with Gasteiger partial charge in [0, 0.05) is 48.6 Å². The minimum Gasteiger partial charge on any atom is -0.681 e. The number of hydrogen-bond acceptors (Lipinski definition) is 8. The Hall–Kier alpha value is -5.20. The van der Waals surface area contributed by atoms with Gasteiger partial charge in [0.05, 0.1) is 12.8 Å². The van der Waals surface area contributed by atoms with Crippen molar-refractivity contribution in [2.45, 2.75) is 121 Å². The van der Waals surface area contributed by atoms with Crippen molar-refractivity contribution in [3.8, 4) is 5.75 Å². The van der Waals surface area contributed by atoms with Gasteiger partial charge < -0.3 is 62.6 Å². The molecule has 9 N–H and O–H groups in total. The Kier molecular flexibility index (Phi) is 12.8. The summed E-state index contributed by atoms with van der Waals surface area (Å²) >= 11 is 0. The molecule has 1 spiro atoms. The third-order valence-electron chi connectivity index (χ3n) is 14.4. The Morgan fingerprint density at radius 1 is 0.887 bits per heavy atom. The van der Waals surface area contributed by atoms with E-state index in [1.165, 1.54) is 12.1 Å². The summed E-state index contributed by atoms with van der Waals surface area (Å²) < 4.78 is 0. The maximum atomic E-state index is 13.6. The van der Waals surface area contributed by atoms with Crippen LogP contribution in [0.3, 0.4) is 0 Å². The normalized spacial score (nSPS) is 34.1. The molecule has 2 amide bonds. The number of phenols is 1. The molecule has 1 aromatic carbocycles. The number of allylic oxidation sites excluding steroid dienone is 1. The fraction of sp³-hybridized carbons (Fsp3) is 0.595. The van der Waals surface area contributed by atoms with Crippen molar-refractivity contribution in [2.24, 2.45) is 40.2 Å². The van der Waals surface area contributed by atoms with Crippen LogP contribution >= 0.6 is 0 Å². The number of phenolic OH excluding ortho intramolecular Hbond substituents is 1. The first kappa shape index (κ1) is 46.3. The standard InChI is InChI=1S/C42H50N6O13.Ni/c1-40(16-30(43)50)22(5-9-33(54)55)27-15-42-41(2,17-31(51)48-42)23(6-10-34(56)57)26(47-42)13-24-20(11-35(58)59)19(4-8-32(52)53)39(45-24)37-28(49)7-3-18-21(12-36(60)61)25(46-38(18)37)14-29(40)44-27;/h3,7,13,19-20,22-23,26-27,29,39,49H,4-6,8-12,14-17H2,1-2H3,(H2,43,50)(H,48,51)(H,52,53)(H,54,55)(H,56,57)(H,58,59)(H,60,61);/q-4;/b24-13-;/t19-,20-,22+,23+,26-,27+,29+,39?,40-,41-,42-;/m0./s1. The van der Waals surface area contributed by atoms with Crippen LogP contribution in [0.15, 0.2) is 23.9 Å². The van der Waals surface area contributed by atoms with Gasteiger partial charge in [0.1, 0.15) is 5.75 Å². The number of carbonyl (C=O) groups is 7. The fourth-order valence-electron chi connectivity index (χ4n) is 11.7. The van der Waals surface area contributed by atoms with Gasteiger partial charge in [-0.3, -0.25) is 33.6 Å². The van der Waals surface area contributed by atoms with Gasteiger partial charge in [-0.15, -0.1) is 29.7 Å². The van der Waals surface area contributed by atoms with Crippen molar-refractivity contribution in [3.63, 3.8) is 0 Å². The Labute approximate surface area is 365 Å². The third-order valence-corrected chi connectivity index (χ3v) is 14.4. The van der Waals surface area contributed by atoms with Crippen LogP contribution in [0, 0.1) is 34.5 Å². The maximum Gasteiger partial charge on any atom is 0.307 e. The molecule has 62 heavy (non-hydrogen) atoms. The Balaban J connectivity index is 0.00000641. The number of carboxylic acids is 5. The average molecular weight is 906 g/mol. The van der Waals surface area contributed by atoms with Crippen LogP contribution in [-0.2, 0) is 62.9 Å². The fourth-order valence-corrected chi connectivity index (χ4v) is 11.7. The summed E-state index contributed by atoms with van der Waals surface area (Å²) in [6, 6.07) is -0.634. The Bertz CT molecular complexity index is 2230. The molecule has 19 nitrogen and oxygen atoms in total. The first-order valence-corrected chi connectivity index (χ1v) is 20.5. The molecule has 20 heteroatoms. The number of carboxylic acid groups (broad SMARTS) is 5. The van der Waals surface area contributed by atoms with E-state index in [0.29, 0.717) is 5.39 Å². The van der Waals surface area contributed by atoms with Gasteiger partial charge in [0.2, 0.25) is 11.8 Å². The monoisotopic (exact) mass is 904 g/mol. The second kappa shape index (κ2) is 17.2. The zero-order valence-electron chi connectivity index (χ0n) is 34.1. The van der Waals surface area contributed by atoms with E-state index in [2.05, 4.69) is 5.32 Å². The number of hydrogen-bond donors (Lipinski definition) is 8. The molecule has 6 heterocycles. The zero-order valence-corrected chi connectivity index (χ0v) is 35.0. The zero-order chi connectivity index (χ0) is 44.3. The quantitative estimate of drug-likeness (QED) is 0.118. The summed E-state index contributed by atoms with van der Waals surface area (Å²) in [5.41, 5.74) is 3.40. The van der Waals surface area contributed by atoms with Crippen LogP contribution in [-0.4, -0.2) is 96.1 Å². The first-order valence-electron chi connectivity index (χ1n) is 20.5. The summed E-state index contributed by atoms with van der Waals surface area (Å²) in [6.45, 7) is 3.62. The maximum absolute atomic E-state index is 13.6. The van der Waals surface area contributed by atoms with Crippen LogP contribution in [0.1, 0.15) is 101 Å². The van der Waals surface area contributed by atoms with Crippen molar-refractivity contribution in [1.82, 2.24) is 10.3 Å². The molecule has 11 atom stereocenters. The van der Waals surface area contributed by atoms with Crippen LogP contribution in [0.2, 0.25) is 0 Å². The molecule has 4 fully saturated rings. The van der Waals surface area contributed by atoms with Crippen molar-refractivity contribution < 1.29 is 80.7 Å². The molecular formula is C42H50N6NiO13-4. The largest absolute Gasteiger partial charge is 0.681 e. The summed E-state index contributed by atoms with van der Waals surface area (Å²) in [5.74, 6) is -10.1. The van der Waals surface area contributed by atoms with Crippen LogP contribution in [0.25, 0.3) is 26.9 Å². The number of primary amides is 1. The molecule has 5 aliphatic heterocycles. The number of fused-ring (bicyclic) bond motifs is 7. The van der Waals surface area contributed by atoms with E-state index in [9.17, 15) is 64.2 Å². The van der Waals surface area contributed by atoms with E-state index in [4.69, 9.17) is 26.7 Å². The van der Waals surface area contributed by atoms with Gasteiger partial charge in [0.25, 0.3) is 0 Å². The smallest absolute Gasteiger partial charge is 0.307 e. The molecule has 2 aromatic rings. The number of aromatic nitrogens is 1. The SMILES string of the molecule is C[C@]1(CC(N)=O)[C@H](CCC(=O)O)[C@H]2C[C@@]34[N-][C@@H](/C=C5\[N-]C(c6c(O)ccc7c(CC(=O)O)c([n-]c67)C[C@H]1[N-]2)[C@@H](CCC(=O)O)[C@@H]5CC(=O)O)[C@@H](CCC(=O)O)[C@]3(C)CC(=O)N4.[Ni]. The molecule has 8 bridgehead atoms. The van der Waals surface area contributed by atoms with E-state index in [1.807, 2.05) is 6.92 Å². The number of amides is 2. The van der Waals surface area contributed by atoms with E-state index in [-0.39, 0.29) is 120 Å². The second-order valence-electron chi connectivity index (χ2n) is 18.0. The number of nitrogens with one attached hydrogen (secondary N) is 1. The van der Waals surface area contributed by atoms with Crippen LogP contribution < -0.4 is 16.0 Å². The molecule has 1 aromatic heterocycles. The van der Waals surface area contributed by atoms with Crippen molar-refractivity contribution in [1.29, 1.82) is 0 Å².